The first-order valence-electron chi connectivity index (χ1n) is 3.15. The molecule has 50 valence electrons. The van der Waals surface area contributed by atoms with Crippen LogP contribution in [0.3, 0.4) is 0 Å². The second-order valence-electron chi connectivity index (χ2n) is 2.27. The van der Waals surface area contributed by atoms with Gasteiger partial charge in [0.25, 0.3) is 0 Å². The fraction of sp³-hybridized carbons (Fsp3) is 0.125. The fourth-order valence-corrected chi connectivity index (χ4v) is 1.02. The molecular formula is C8H7KN2. The normalized spacial score (nSPS) is 9.55. The predicted octanol–water partition coefficient (Wildman–Crippen LogP) is -1.62. The van der Waals surface area contributed by atoms with Crippen LogP contribution < -0.4 is 51.4 Å². The van der Waals surface area contributed by atoms with E-state index in [1.54, 1.807) is 6.33 Å². The number of rotatable bonds is 0. The molecule has 0 aliphatic heterocycles. The zero-order chi connectivity index (χ0) is 6.97. The molecule has 0 saturated carbocycles. The van der Waals surface area contributed by atoms with Gasteiger partial charge < -0.3 is 4.57 Å². The van der Waals surface area contributed by atoms with Crippen molar-refractivity contribution in [2.24, 2.45) is 7.05 Å². The van der Waals surface area contributed by atoms with E-state index < -0.39 is 0 Å². The van der Waals surface area contributed by atoms with Crippen LogP contribution in [0.1, 0.15) is 0 Å². The Morgan fingerprint density at radius 1 is 1.55 bits per heavy atom. The number of hydrogen-bond acceptors (Lipinski definition) is 1. The Bertz CT molecular complexity index is 354. The molecule has 11 heavy (non-hydrogen) atoms. The van der Waals surface area contributed by atoms with Gasteiger partial charge in [0.15, 0.2) is 0 Å². The molecule has 0 bridgehead atoms. The van der Waals surface area contributed by atoms with E-state index in [2.05, 4.69) is 11.1 Å². The summed E-state index contributed by atoms with van der Waals surface area (Å²) in [5.41, 5.74) is 2.16. The topological polar surface area (TPSA) is 17.8 Å². The van der Waals surface area contributed by atoms with Gasteiger partial charge in [0.05, 0.1) is 6.33 Å². The Labute approximate surface area is 108 Å². The summed E-state index contributed by atoms with van der Waals surface area (Å²) in [4.78, 5) is 4.16. The third-order valence-electron chi connectivity index (χ3n) is 1.57. The summed E-state index contributed by atoms with van der Waals surface area (Å²) >= 11 is 0. The number of nitrogens with zero attached hydrogens (tertiary/aromatic N) is 2. The van der Waals surface area contributed by atoms with Gasteiger partial charge in [-0.3, -0.25) is 4.98 Å². The Hall–Kier alpha value is 0.326. The van der Waals surface area contributed by atoms with Gasteiger partial charge in [0, 0.05) is 7.05 Å². The molecule has 0 saturated heterocycles. The van der Waals surface area contributed by atoms with Gasteiger partial charge in [-0.1, -0.05) is 0 Å². The number of imidazole rings is 1. The molecule has 0 fully saturated rings. The molecular weight excluding hydrogens is 163 g/mol. The van der Waals surface area contributed by atoms with Crippen LogP contribution in [0.5, 0.6) is 0 Å². The van der Waals surface area contributed by atoms with Gasteiger partial charge >= 0.3 is 51.4 Å². The van der Waals surface area contributed by atoms with Gasteiger partial charge in [0.2, 0.25) is 0 Å². The molecule has 2 nitrogen and oxygen atoms in total. The number of fused-ring (bicyclic) bond motifs is 1. The average Bonchev–Trinajstić information content (AvgIpc) is 2.34. The van der Waals surface area contributed by atoms with E-state index in [1.807, 2.05) is 29.8 Å². The minimum atomic E-state index is 0. The van der Waals surface area contributed by atoms with Crippen molar-refractivity contribution in [3.63, 3.8) is 0 Å². The average molecular weight is 170 g/mol. The third-order valence-corrected chi connectivity index (χ3v) is 1.57. The van der Waals surface area contributed by atoms with Crippen LogP contribution in [-0.2, 0) is 7.05 Å². The predicted molar refractivity (Wildman–Crippen MR) is 39.6 cm³/mol. The summed E-state index contributed by atoms with van der Waals surface area (Å²) in [7, 11) is 1.98. The molecule has 0 aliphatic carbocycles. The second kappa shape index (κ2) is 3.82. The molecule has 0 radical (unpaired) electrons. The van der Waals surface area contributed by atoms with Crippen molar-refractivity contribution < 1.29 is 51.4 Å². The first kappa shape index (κ1) is 9.41. The molecule has 0 aliphatic rings. The van der Waals surface area contributed by atoms with Crippen LogP contribution in [0.4, 0.5) is 0 Å². The van der Waals surface area contributed by atoms with Crippen molar-refractivity contribution in [3.05, 3.63) is 30.6 Å². The van der Waals surface area contributed by atoms with Crippen LogP contribution >= 0.6 is 0 Å². The number of hydrogen-bond donors (Lipinski definition) is 0. The van der Waals surface area contributed by atoms with Gasteiger partial charge in [-0.05, 0) is 11.0 Å². The second-order valence-corrected chi connectivity index (χ2v) is 2.27. The molecule has 0 spiro atoms. The molecule has 3 heteroatoms. The van der Waals surface area contributed by atoms with E-state index in [9.17, 15) is 0 Å². The summed E-state index contributed by atoms with van der Waals surface area (Å²) in [6, 6.07) is 8.76. The van der Waals surface area contributed by atoms with Crippen molar-refractivity contribution in [3.8, 4) is 0 Å². The van der Waals surface area contributed by atoms with Gasteiger partial charge in [-0.25, -0.2) is 0 Å². The monoisotopic (exact) mass is 170 g/mol. The molecule has 1 heterocycles. The quantitative estimate of drug-likeness (QED) is 0.343. The number of aryl methyl sites for hydroxylation is 1. The summed E-state index contributed by atoms with van der Waals surface area (Å²) in [6.07, 6.45) is 1.80. The van der Waals surface area contributed by atoms with E-state index in [4.69, 9.17) is 0 Å². The number of benzene rings is 1. The van der Waals surface area contributed by atoms with Crippen LogP contribution in [0.15, 0.2) is 24.5 Å². The molecule has 0 amide bonds. The van der Waals surface area contributed by atoms with E-state index in [1.165, 1.54) is 0 Å². The molecule has 0 unspecified atom stereocenters. The molecule has 1 aromatic heterocycles. The van der Waals surface area contributed by atoms with Crippen LogP contribution in [0.25, 0.3) is 11.0 Å². The van der Waals surface area contributed by atoms with Gasteiger partial charge in [0.1, 0.15) is 0 Å². The molecule has 2 rings (SSSR count). The maximum atomic E-state index is 4.16. The standard InChI is InChI=1S/C8H7N2.K/c1-10-6-9-7-4-2-3-5-8(7)10;/h2,4-6H,1H3;/q-1;+1. The molecule has 2 aromatic rings. The van der Waals surface area contributed by atoms with E-state index >= 15 is 0 Å². The molecule has 0 N–H and O–H groups in total. The number of aromatic nitrogens is 2. The first-order chi connectivity index (χ1) is 4.88. The van der Waals surface area contributed by atoms with E-state index in [0.717, 1.165) is 11.0 Å². The third kappa shape index (κ3) is 1.73. The van der Waals surface area contributed by atoms with Gasteiger partial charge in [-0.2, -0.15) is 18.2 Å². The van der Waals surface area contributed by atoms with Gasteiger partial charge in [-0.15, -0.1) is 6.07 Å². The minimum Gasteiger partial charge on any atom is -0.387 e. The smallest absolute Gasteiger partial charge is 0.387 e. The van der Waals surface area contributed by atoms with Crippen molar-refractivity contribution >= 4 is 11.0 Å². The van der Waals surface area contributed by atoms with Crippen LogP contribution in [0, 0.1) is 6.07 Å². The SMILES string of the molecule is Cn1cnc2cc[c-]cc21.[K+]. The van der Waals surface area contributed by atoms with Crippen LogP contribution in [-0.4, -0.2) is 9.55 Å². The Balaban J connectivity index is 0.000000605. The zero-order valence-corrected chi connectivity index (χ0v) is 9.83. The van der Waals surface area contributed by atoms with E-state index in [0.29, 0.717) is 0 Å². The van der Waals surface area contributed by atoms with Crippen molar-refractivity contribution in [2.45, 2.75) is 0 Å². The fourth-order valence-electron chi connectivity index (χ4n) is 1.02. The first-order valence-corrected chi connectivity index (χ1v) is 3.15. The van der Waals surface area contributed by atoms with E-state index in [-0.39, 0.29) is 51.4 Å². The van der Waals surface area contributed by atoms with Crippen molar-refractivity contribution in [1.29, 1.82) is 0 Å². The maximum absolute atomic E-state index is 4.16. The summed E-state index contributed by atoms with van der Waals surface area (Å²) in [5.74, 6) is 0. The zero-order valence-electron chi connectivity index (χ0n) is 6.70. The molecule has 1 aromatic carbocycles. The van der Waals surface area contributed by atoms with Crippen molar-refractivity contribution in [1.82, 2.24) is 9.55 Å². The Kier molecular flexibility index (Phi) is 3.27. The Morgan fingerprint density at radius 3 is 3.09 bits per heavy atom. The summed E-state index contributed by atoms with van der Waals surface area (Å²) in [5, 5.41) is 0. The largest absolute Gasteiger partial charge is 1.00 e. The summed E-state index contributed by atoms with van der Waals surface area (Å²) in [6.45, 7) is 0. The van der Waals surface area contributed by atoms with Crippen LogP contribution in [0.2, 0.25) is 0 Å². The van der Waals surface area contributed by atoms with Crippen molar-refractivity contribution in [2.75, 3.05) is 0 Å². The minimum absolute atomic E-state index is 0. The maximum Gasteiger partial charge on any atom is 1.00 e. The molecule has 0 atom stereocenters. The summed E-state index contributed by atoms with van der Waals surface area (Å²) < 4.78 is 1.98. The Morgan fingerprint density at radius 2 is 2.36 bits per heavy atom.